The summed E-state index contributed by atoms with van der Waals surface area (Å²) in [4.78, 5) is 29.4. The van der Waals surface area contributed by atoms with Crippen LogP contribution >= 0.6 is 0 Å². The van der Waals surface area contributed by atoms with Crippen LogP contribution in [0.3, 0.4) is 0 Å². The quantitative estimate of drug-likeness (QED) is 0.643. The Morgan fingerprint density at radius 2 is 2.32 bits per heavy atom. The summed E-state index contributed by atoms with van der Waals surface area (Å²) in [6, 6.07) is 5.34. The van der Waals surface area contributed by atoms with Crippen LogP contribution in [0.25, 0.3) is 0 Å². The van der Waals surface area contributed by atoms with Crippen LogP contribution in [0.1, 0.15) is 16.3 Å². The van der Waals surface area contributed by atoms with E-state index < -0.39 is 10.8 Å². The topological polar surface area (TPSA) is 103 Å². The first-order valence-electron chi connectivity index (χ1n) is 5.44. The van der Waals surface area contributed by atoms with E-state index in [0.29, 0.717) is 5.69 Å². The highest BCUT2D eigenvalue weighted by atomic mass is 16.6. The van der Waals surface area contributed by atoms with Crippen molar-refractivity contribution in [2.24, 2.45) is 7.05 Å². The number of rotatable bonds is 4. The maximum absolute atomic E-state index is 11.8. The molecule has 2 aromatic heterocycles. The van der Waals surface area contributed by atoms with Gasteiger partial charge in [-0.05, 0) is 22.0 Å². The monoisotopic (exact) mass is 261 g/mol. The number of pyridine rings is 1. The molecule has 8 nitrogen and oxygen atoms in total. The highest BCUT2D eigenvalue weighted by Gasteiger charge is 2.22. The lowest BCUT2D eigenvalue weighted by atomic mass is 10.3. The Kier molecular flexibility index (Phi) is 3.51. The van der Waals surface area contributed by atoms with Gasteiger partial charge in [-0.1, -0.05) is 6.07 Å². The number of amides is 1. The van der Waals surface area contributed by atoms with E-state index in [2.05, 4.69) is 15.3 Å². The first-order valence-corrected chi connectivity index (χ1v) is 5.44. The minimum atomic E-state index is -0.643. The second kappa shape index (κ2) is 5.25. The number of aryl methyl sites for hydroxylation is 1. The third-order valence-corrected chi connectivity index (χ3v) is 2.41. The Labute approximate surface area is 108 Å². The van der Waals surface area contributed by atoms with E-state index in [1.807, 2.05) is 0 Å². The molecule has 0 aliphatic rings. The first-order chi connectivity index (χ1) is 9.08. The van der Waals surface area contributed by atoms with Gasteiger partial charge in [0.05, 0.1) is 12.2 Å². The lowest BCUT2D eigenvalue weighted by molar-refractivity contribution is -0.389. The minimum Gasteiger partial charge on any atom is -0.358 e. The van der Waals surface area contributed by atoms with Crippen LogP contribution in [0, 0.1) is 10.1 Å². The van der Waals surface area contributed by atoms with Crippen molar-refractivity contribution in [3.05, 3.63) is 52.2 Å². The molecule has 1 N–H and O–H groups in total. The van der Waals surface area contributed by atoms with Crippen LogP contribution < -0.4 is 5.32 Å². The van der Waals surface area contributed by atoms with Crippen LogP contribution in [0.5, 0.6) is 0 Å². The molecule has 0 spiro atoms. The first kappa shape index (κ1) is 12.7. The van der Waals surface area contributed by atoms with Crippen LogP contribution in [0.4, 0.5) is 5.82 Å². The van der Waals surface area contributed by atoms with Crippen molar-refractivity contribution >= 4 is 11.7 Å². The van der Waals surface area contributed by atoms with E-state index >= 15 is 0 Å². The highest BCUT2D eigenvalue weighted by molar-refractivity contribution is 5.91. The van der Waals surface area contributed by atoms with E-state index in [1.54, 1.807) is 24.4 Å². The molecule has 0 aliphatic carbocycles. The van der Waals surface area contributed by atoms with E-state index in [4.69, 9.17) is 0 Å². The van der Waals surface area contributed by atoms with Crippen LogP contribution in [-0.4, -0.2) is 25.4 Å². The molecular formula is C11H11N5O3. The third-order valence-electron chi connectivity index (χ3n) is 2.41. The van der Waals surface area contributed by atoms with Crippen molar-refractivity contribution < 1.29 is 9.72 Å². The van der Waals surface area contributed by atoms with Gasteiger partial charge in [-0.25, -0.2) is 0 Å². The average Bonchev–Trinajstić information content (AvgIpc) is 2.80. The van der Waals surface area contributed by atoms with Gasteiger partial charge >= 0.3 is 17.5 Å². The van der Waals surface area contributed by atoms with Gasteiger partial charge in [0.2, 0.25) is 0 Å². The average molecular weight is 261 g/mol. The van der Waals surface area contributed by atoms with E-state index in [0.717, 1.165) is 0 Å². The van der Waals surface area contributed by atoms with Crippen molar-refractivity contribution in [2.75, 3.05) is 0 Å². The Bertz CT molecular complexity index is 608. The fraction of sp³-hybridized carbons (Fsp3) is 0.182. The number of nitrogens with one attached hydrogen (secondary N) is 1. The van der Waals surface area contributed by atoms with Gasteiger partial charge in [0.1, 0.15) is 6.20 Å². The number of hydrogen-bond acceptors (Lipinski definition) is 5. The molecule has 2 aromatic rings. The molecule has 0 fully saturated rings. The second-order valence-corrected chi connectivity index (χ2v) is 3.79. The number of nitro groups is 1. The zero-order valence-electron chi connectivity index (χ0n) is 10.1. The number of carbonyl (C=O) groups is 1. The molecule has 0 unspecified atom stereocenters. The van der Waals surface area contributed by atoms with Crippen LogP contribution in [0.15, 0.2) is 30.6 Å². The summed E-state index contributed by atoms with van der Waals surface area (Å²) in [5, 5.41) is 13.2. The van der Waals surface area contributed by atoms with Gasteiger partial charge in [-0.2, -0.15) is 0 Å². The summed E-state index contributed by atoms with van der Waals surface area (Å²) in [6.45, 7) is 0.236. The Morgan fingerprint density at radius 3 is 2.89 bits per heavy atom. The predicted molar refractivity (Wildman–Crippen MR) is 65.3 cm³/mol. The predicted octanol–water partition coefficient (Wildman–Crippen LogP) is 0.653. The number of nitrogens with zero attached hydrogens (tertiary/aromatic N) is 4. The second-order valence-electron chi connectivity index (χ2n) is 3.79. The molecule has 0 aliphatic heterocycles. The lowest BCUT2D eigenvalue weighted by Gasteiger charge is -2.01. The standard InChI is InChI=1S/C11H11N5O3/c1-15-7-9(16(18)19)14-10(15)11(17)13-6-8-4-2-3-5-12-8/h2-5,7H,6H2,1H3,(H,13,17). The molecule has 2 heterocycles. The molecule has 19 heavy (non-hydrogen) atoms. The van der Waals surface area contributed by atoms with Crippen molar-refractivity contribution in [1.82, 2.24) is 19.9 Å². The maximum Gasteiger partial charge on any atom is 0.382 e. The maximum atomic E-state index is 11.8. The molecule has 0 atom stereocenters. The van der Waals surface area contributed by atoms with Crippen molar-refractivity contribution in [3.63, 3.8) is 0 Å². The fourth-order valence-corrected chi connectivity index (χ4v) is 1.50. The van der Waals surface area contributed by atoms with Crippen molar-refractivity contribution in [1.29, 1.82) is 0 Å². The zero-order chi connectivity index (χ0) is 13.8. The number of carbonyl (C=O) groups excluding carboxylic acids is 1. The Morgan fingerprint density at radius 1 is 1.53 bits per heavy atom. The fourth-order valence-electron chi connectivity index (χ4n) is 1.50. The highest BCUT2D eigenvalue weighted by Crippen LogP contribution is 2.09. The zero-order valence-corrected chi connectivity index (χ0v) is 10.1. The molecule has 0 aromatic carbocycles. The number of hydrogen-bond donors (Lipinski definition) is 1. The molecular weight excluding hydrogens is 250 g/mol. The van der Waals surface area contributed by atoms with E-state index in [9.17, 15) is 14.9 Å². The van der Waals surface area contributed by atoms with Gasteiger partial charge in [0.15, 0.2) is 0 Å². The van der Waals surface area contributed by atoms with E-state index in [1.165, 1.54) is 17.8 Å². The summed E-state index contributed by atoms with van der Waals surface area (Å²) in [5.41, 5.74) is 0.694. The summed E-state index contributed by atoms with van der Waals surface area (Å²) < 4.78 is 1.31. The summed E-state index contributed by atoms with van der Waals surface area (Å²) in [5.74, 6) is -0.852. The third kappa shape index (κ3) is 2.92. The van der Waals surface area contributed by atoms with Crippen LogP contribution in [0.2, 0.25) is 0 Å². The summed E-state index contributed by atoms with van der Waals surface area (Å²) >= 11 is 0. The molecule has 1 amide bonds. The van der Waals surface area contributed by atoms with Gasteiger partial charge in [-0.3, -0.25) is 9.78 Å². The lowest BCUT2D eigenvalue weighted by Crippen LogP contribution is -2.26. The summed E-state index contributed by atoms with van der Waals surface area (Å²) in [6.07, 6.45) is 2.81. The Hall–Kier alpha value is -2.77. The molecule has 0 radical (unpaired) electrons. The minimum absolute atomic E-state index is 0.0115. The number of imidazole rings is 1. The molecule has 0 saturated carbocycles. The summed E-state index contributed by atoms with van der Waals surface area (Å²) in [7, 11) is 1.52. The SMILES string of the molecule is Cn1cc([N+](=O)[O-])nc1C(=O)NCc1ccccn1. The molecule has 8 heteroatoms. The van der Waals surface area contributed by atoms with E-state index in [-0.39, 0.29) is 18.2 Å². The van der Waals surface area contributed by atoms with Gasteiger partial charge in [-0.15, -0.1) is 0 Å². The largest absolute Gasteiger partial charge is 0.382 e. The number of aromatic nitrogens is 3. The Balaban J connectivity index is 2.06. The van der Waals surface area contributed by atoms with Crippen molar-refractivity contribution in [2.45, 2.75) is 6.54 Å². The molecule has 98 valence electrons. The molecule has 0 saturated heterocycles. The molecule has 0 bridgehead atoms. The molecule has 2 rings (SSSR count). The van der Waals surface area contributed by atoms with Gasteiger partial charge in [0, 0.05) is 13.2 Å². The van der Waals surface area contributed by atoms with Gasteiger partial charge < -0.3 is 20.0 Å². The van der Waals surface area contributed by atoms with Gasteiger partial charge in [0.25, 0.3) is 0 Å². The normalized spacial score (nSPS) is 10.2. The van der Waals surface area contributed by atoms with Crippen LogP contribution in [-0.2, 0) is 13.6 Å². The van der Waals surface area contributed by atoms with Crippen molar-refractivity contribution in [3.8, 4) is 0 Å². The smallest absolute Gasteiger partial charge is 0.358 e.